The van der Waals surface area contributed by atoms with Crippen molar-refractivity contribution in [1.82, 2.24) is 24.8 Å². The number of oxazole rings is 1. The van der Waals surface area contributed by atoms with Crippen molar-refractivity contribution >= 4 is 45.8 Å². The first kappa shape index (κ1) is 34.8. The highest BCUT2D eigenvalue weighted by atomic mass is 19.4. The number of phenols is 1. The fraction of sp³-hybridized carbons (Fsp3) is 0.441. The molecule has 4 heterocycles. The Labute approximate surface area is 294 Å². The molecule has 2 atom stereocenters. The molecule has 18 heteroatoms. The third kappa shape index (κ3) is 6.36. The number of hydrogen-bond donors (Lipinski definition) is 3. The number of nitrogen functional groups attached to an aromatic ring is 1. The molecular weight excluding hydrogens is 687 g/mol. The van der Waals surface area contributed by atoms with E-state index in [-0.39, 0.29) is 92.0 Å². The molecule has 1 saturated heterocycles. The highest BCUT2D eigenvalue weighted by Crippen LogP contribution is 2.63. The van der Waals surface area contributed by atoms with Crippen molar-refractivity contribution in [2.75, 3.05) is 43.9 Å². The normalized spacial score (nSPS) is 21.5. The van der Waals surface area contributed by atoms with Gasteiger partial charge in [0.1, 0.15) is 34.9 Å². The summed E-state index contributed by atoms with van der Waals surface area (Å²) >= 11 is 0. The second-order valence-corrected chi connectivity index (χ2v) is 13.1. The van der Waals surface area contributed by atoms with E-state index in [0.29, 0.717) is 16.9 Å². The number of rotatable bonds is 9. The maximum Gasteiger partial charge on any atom is 0.392 e. The highest BCUT2D eigenvalue weighted by molar-refractivity contribution is 6.06. The quantitative estimate of drug-likeness (QED) is 0.209. The Morgan fingerprint density at radius 2 is 1.85 bits per heavy atom. The number of aromatic nitrogens is 3. The van der Waals surface area contributed by atoms with E-state index in [9.17, 15) is 32.7 Å². The van der Waals surface area contributed by atoms with Gasteiger partial charge in [-0.25, -0.2) is 9.97 Å². The van der Waals surface area contributed by atoms with Gasteiger partial charge < -0.3 is 39.7 Å². The minimum atomic E-state index is -4.24. The largest absolute Gasteiger partial charge is 0.507 e. The van der Waals surface area contributed by atoms with E-state index < -0.39 is 47.2 Å². The zero-order valence-corrected chi connectivity index (χ0v) is 28.3. The number of carbonyl (C=O) groups is 2. The summed E-state index contributed by atoms with van der Waals surface area (Å²) in [7, 11) is 1.44. The number of nitrogens with zero attached hydrogens (tertiary/aromatic N) is 7. The molecule has 1 aromatic carbocycles. The van der Waals surface area contributed by atoms with E-state index in [1.54, 1.807) is 24.0 Å². The number of halogens is 3. The zero-order chi connectivity index (χ0) is 36.9. The molecule has 15 nitrogen and oxygen atoms in total. The van der Waals surface area contributed by atoms with Crippen LogP contribution in [0.1, 0.15) is 35.8 Å². The Bertz CT molecular complexity index is 2110. The number of pyridine rings is 2. The summed E-state index contributed by atoms with van der Waals surface area (Å²) in [5.74, 6) is -3.31. The molecule has 4 N–H and O–H groups in total. The lowest BCUT2D eigenvalue weighted by molar-refractivity contribution is -0.156. The second kappa shape index (κ2) is 13.5. The fourth-order valence-electron chi connectivity index (χ4n) is 7.68. The molecule has 1 aliphatic heterocycles. The third-order valence-electron chi connectivity index (χ3n) is 10.2. The van der Waals surface area contributed by atoms with Crippen molar-refractivity contribution in [2.45, 2.75) is 44.9 Å². The first-order chi connectivity index (χ1) is 24.9. The Morgan fingerprint density at radius 3 is 2.52 bits per heavy atom. The van der Waals surface area contributed by atoms with Crippen LogP contribution in [0.25, 0.3) is 11.1 Å². The third-order valence-corrected chi connectivity index (χ3v) is 10.2. The van der Waals surface area contributed by atoms with E-state index in [0.717, 1.165) is 0 Å². The molecule has 2 unspecified atom stereocenters. The Kier molecular flexibility index (Phi) is 9.00. The molecule has 0 bridgehead atoms. The smallest absolute Gasteiger partial charge is 0.392 e. The Morgan fingerprint density at radius 1 is 1.12 bits per heavy atom. The van der Waals surface area contributed by atoms with Crippen LogP contribution in [0.5, 0.6) is 11.6 Å². The minimum Gasteiger partial charge on any atom is -0.507 e. The summed E-state index contributed by atoms with van der Waals surface area (Å²) in [6, 6.07) is 5.58. The van der Waals surface area contributed by atoms with Gasteiger partial charge in [-0.2, -0.15) is 18.3 Å². The van der Waals surface area contributed by atoms with Crippen LogP contribution in [0.2, 0.25) is 0 Å². The predicted molar refractivity (Wildman–Crippen MR) is 181 cm³/mol. The lowest BCUT2D eigenvalue weighted by atomic mass is 10.1. The maximum atomic E-state index is 14.2. The maximum absolute atomic E-state index is 14.2. The van der Waals surface area contributed by atoms with Crippen LogP contribution in [0.3, 0.4) is 0 Å². The molecule has 3 aliphatic rings. The molecule has 0 radical (unpaired) electrons. The molecular formula is C34H36F3N9O6. The summed E-state index contributed by atoms with van der Waals surface area (Å²) < 4.78 is 51.8. The molecule has 0 spiro atoms. The van der Waals surface area contributed by atoms with Gasteiger partial charge in [-0.1, -0.05) is 6.92 Å². The van der Waals surface area contributed by atoms with Crippen LogP contribution in [0, 0.1) is 17.8 Å². The predicted octanol–water partition coefficient (Wildman–Crippen LogP) is 4.32. The molecule has 2 amide bonds. The van der Waals surface area contributed by atoms with Gasteiger partial charge in [-0.3, -0.25) is 14.4 Å². The number of fused-ring (bicyclic) bond motifs is 2. The standard InChI is InChI=1S/C34H36F3N9O6/c1-3-22-29(44-8-10-45(11-9-44)33(50)26-23(47)5-4-21-31(26)52-16-40-21)30(49)28(43-42-17-6-7-39-25(14-17)51-2)32(38)46(22)15-24(48)41-18-12-19-20(13-18)27(19)34(35,36)37/h4-7,14,16,18-20,27,47H,3,8-13,15,38H2,1-2H3,(H,41,48). The monoisotopic (exact) mass is 723 g/mol. The molecule has 2 saturated carbocycles. The summed E-state index contributed by atoms with van der Waals surface area (Å²) in [6.07, 6.45) is -0.824. The van der Waals surface area contributed by atoms with Crippen molar-refractivity contribution in [3.05, 3.63) is 58.3 Å². The molecule has 4 aromatic rings. The van der Waals surface area contributed by atoms with Crippen LogP contribution in [-0.2, 0) is 17.8 Å². The Hall–Kier alpha value is -5.68. The van der Waals surface area contributed by atoms with Gasteiger partial charge in [0, 0.05) is 50.2 Å². The number of ether oxygens (including phenoxy) is 1. The van der Waals surface area contributed by atoms with Gasteiger partial charge in [0.25, 0.3) is 5.91 Å². The SMILES string of the molecule is CCc1c(N2CCN(C(=O)c3c(O)ccc4ncoc34)CC2)c(=O)c(N=Nc2ccnc(OC)c2)c(N)n1CC(=O)NC1CC2C(C1)C2C(F)(F)F. The van der Waals surface area contributed by atoms with Crippen molar-refractivity contribution in [2.24, 2.45) is 28.0 Å². The number of alkyl halides is 3. The summed E-state index contributed by atoms with van der Waals surface area (Å²) in [4.78, 5) is 52.7. The molecule has 2 aliphatic carbocycles. The molecule has 52 heavy (non-hydrogen) atoms. The van der Waals surface area contributed by atoms with E-state index in [1.165, 1.54) is 41.3 Å². The van der Waals surface area contributed by atoms with E-state index in [2.05, 4.69) is 25.5 Å². The number of nitrogens with two attached hydrogens (primary N) is 1. The average molecular weight is 724 g/mol. The fourth-order valence-corrected chi connectivity index (χ4v) is 7.68. The topological polar surface area (TPSA) is 194 Å². The minimum absolute atomic E-state index is 0.0116. The van der Waals surface area contributed by atoms with Crippen molar-refractivity contribution < 1.29 is 37.0 Å². The van der Waals surface area contributed by atoms with E-state index in [4.69, 9.17) is 14.9 Å². The number of aromatic hydroxyl groups is 1. The van der Waals surface area contributed by atoms with Crippen LogP contribution >= 0.6 is 0 Å². The van der Waals surface area contributed by atoms with Gasteiger partial charge in [0.05, 0.1) is 18.7 Å². The number of nitrogens with one attached hydrogen (secondary N) is 1. The average Bonchev–Trinajstić information content (AvgIpc) is 3.39. The molecule has 7 rings (SSSR count). The number of benzene rings is 1. The van der Waals surface area contributed by atoms with Crippen LogP contribution in [0.4, 0.5) is 36.1 Å². The lowest BCUT2D eigenvalue weighted by Crippen LogP contribution is -2.50. The van der Waals surface area contributed by atoms with E-state index in [1.807, 2.05) is 0 Å². The zero-order valence-electron chi connectivity index (χ0n) is 28.3. The number of amides is 2. The van der Waals surface area contributed by atoms with Crippen LogP contribution in [-0.4, -0.2) is 81.9 Å². The Balaban J connectivity index is 1.17. The van der Waals surface area contributed by atoms with Crippen molar-refractivity contribution in [3.63, 3.8) is 0 Å². The number of carbonyl (C=O) groups excluding carboxylic acids is 2. The van der Waals surface area contributed by atoms with Crippen LogP contribution < -0.4 is 26.1 Å². The van der Waals surface area contributed by atoms with Gasteiger partial charge in [0.2, 0.25) is 17.2 Å². The van der Waals surface area contributed by atoms with Crippen LogP contribution in [0.15, 0.2) is 56.3 Å². The van der Waals surface area contributed by atoms with Crippen molar-refractivity contribution in [3.8, 4) is 11.6 Å². The lowest BCUT2D eigenvalue weighted by Gasteiger charge is -2.37. The van der Waals surface area contributed by atoms with E-state index >= 15 is 0 Å². The van der Waals surface area contributed by atoms with Gasteiger partial charge in [-0.15, -0.1) is 5.11 Å². The van der Waals surface area contributed by atoms with Gasteiger partial charge in [0.15, 0.2) is 17.7 Å². The summed E-state index contributed by atoms with van der Waals surface area (Å²) in [5.41, 5.74) is 7.38. The second-order valence-electron chi connectivity index (χ2n) is 13.1. The number of hydrogen-bond acceptors (Lipinski definition) is 12. The molecule has 3 fully saturated rings. The summed E-state index contributed by atoms with van der Waals surface area (Å²) in [5, 5.41) is 21.8. The number of phenolic OH excluding ortho intramolecular Hbond substituents is 1. The molecule has 274 valence electrons. The number of methoxy groups -OCH3 is 1. The van der Waals surface area contributed by atoms with Gasteiger partial charge >= 0.3 is 6.18 Å². The van der Waals surface area contributed by atoms with Crippen molar-refractivity contribution in [1.29, 1.82) is 0 Å². The van der Waals surface area contributed by atoms with Gasteiger partial charge in [-0.05, 0) is 49.3 Å². The first-order valence-corrected chi connectivity index (χ1v) is 16.8. The highest BCUT2D eigenvalue weighted by Gasteiger charge is 2.67. The summed E-state index contributed by atoms with van der Waals surface area (Å²) in [6.45, 7) is 2.25. The molecule has 3 aromatic heterocycles. The first-order valence-electron chi connectivity index (χ1n) is 16.8. The number of piperazine rings is 1. The number of azo groups is 1. The number of anilines is 2.